The number of methoxy groups -OCH3 is 1. The van der Waals surface area contributed by atoms with Crippen molar-refractivity contribution in [2.75, 3.05) is 7.11 Å². The van der Waals surface area contributed by atoms with Gasteiger partial charge in [0.15, 0.2) is 11.5 Å². The van der Waals surface area contributed by atoms with Gasteiger partial charge in [0.1, 0.15) is 0 Å². The molecule has 0 bridgehead atoms. The van der Waals surface area contributed by atoms with Gasteiger partial charge in [-0.3, -0.25) is 0 Å². The van der Waals surface area contributed by atoms with Crippen LogP contribution in [0.15, 0.2) is 12.1 Å². The Hall–Kier alpha value is -1.44. The number of benzene rings is 1. The van der Waals surface area contributed by atoms with Gasteiger partial charge in [0, 0.05) is 11.6 Å². The number of ether oxygens (including phenoxy) is 1. The Bertz CT molecular complexity index is 441. The molecule has 0 aromatic heterocycles. The lowest BCUT2D eigenvalue weighted by molar-refractivity contribution is 0.365. The summed E-state index contributed by atoms with van der Waals surface area (Å²) >= 11 is 0. The predicted molar refractivity (Wildman–Crippen MR) is 73.0 cm³/mol. The van der Waals surface area contributed by atoms with E-state index in [0.717, 1.165) is 0 Å². The molecule has 0 aliphatic rings. The van der Waals surface area contributed by atoms with Gasteiger partial charge in [-0.2, -0.15) is 5.26 Å². The molecule has 0 unspecified atom stereocenters. The van der Waals surface area contributed by atoms with Crippen molar-refractivity contribution in [1.29, 1.82) is 5.26 Å². The zero-order chi connectivity index (χ0) is 13.0. The third-order valence-corrected chi connectivity index (χ3v) is 2.62. The summed E-state index contributed by atoms with van der Waals surface area (Å²) in [6.07, 6.45) is 0.704. The van der Waals surface area contributed by atoms with Crippen molar-refractivity contribution in [2.24, 2.45) is 11.7 Å². The van der Waals surface area contributed by atoms with Crippen LogP contribution in [0.2, 0.25) is 0 Å². The van der Waals surface area contributed by atoms with Crippen molar-refractivity contribution >= 4 is 12.4 Å². The molecular weight excluding hydrogens is 252 g/mol. The van der Waals surface area contributed by atoms with Gasteiger partial charge in [0.05, 0.1) is 18.7 Å². The van der Waals surface area contributed by atoms with Crippen LogP contribution in [-0.2, 0) is 0 Å². The Kier molecular flexibility index (Phi) is 6.53. The molecule has 0 spiro atoms. The quantitative estimate of drug-likeness (QED) is 0.882. The molecule has 0 saturated heterocycles. The lowest BCUT2D eigenvalue weighted by Crippen LogP contribution is -2.15. The average molecular weight is 271 g/mol. The fourth-order valence-electron chi connectivity index (χ4n) is 1.85. The van der Waals surface area contributed by atoms with E-state index in [1.165, 1.54) is 7.11 Å². The number of nitrogens with two attached hydrogens (primary N) is 1. The lowest BCUT2D eigenvalue weighted by atomic mass is 9.93. The SMILES string of the molecule is COc1ccc(C#N)c([C@H](N)CC(C)C)c1O.Cl. The van der Waals surface area contributed by atoms with Crippen LogP contribution in [0.5, 0.6) is 11.5 Å². The molecule has 5 heteroatoms. The zero-order valence-electron chi connectivity index (χ0n) is 10.8. The molecule has 1 aromatic carbocycles. The van der Waals surface area contributed by atoms with Gasteiger partial charge in [0.2, 0.25) is 0 Å². The minimum absolute atomic E-state index is 0. The van der Waals surface area contributed by atoms with E-state index in [2.05, 4.69) is 0 Å². The molecule has 0 radical (unpaired) electrons. The van der Waals surface area contributed by atoms with Gasteiger partial charge < -0.3 is 15.6 Å². The van der Waals surface area contributed by atoms with Crippen LogP contribution in [0.1, 0.15) is 37.4 Å². The minimum atomic E-state index is -0.361. The highest BCUT2D eigenvalue weighted by molar-refractivity contribution is 5.85. The van der Waals surface area contributed by atoms with E-state index in [4.69, 9.17) is 15.7 Å². The molecule has 0 saturated carbocycles. The van der Waals surface area contributed by atoms with E-state index in [1.54, 1.807) is 12.1 Å². The summed E-state index contributed by atoms with van der Waals surface area (Å²) in [4.78, 5) is 0. The highest BCUT2D eigenvalue weighted by Gasteiger charge is 2.20. The number of phenolic OH excluding ortho intramolecular Hbond substituents is 1. The molecule has 100 valence electrons. The van der Waals surface area contributed by atoms with E-state index in [1.807, 2.05) is 19.9 Å². The third kappa shape index (κ3) is 3.52. The number of hydrogen-bond donors (Lipinski definition) is 2. The van der Waals surface area contributed by atoms with Crippen LogP contribution in [0.4, 0.5) is 0 Å². The van der Waals surface area contributed by atoms with E-state index >= 15 is 0 Å². The number of nitrogens with zero attached hydrogens (tertiary/aromatic N) is 1. The number of halogens is 1. The minimum Gasteiger partial charge on any atom is -0.504 e. The van der Waals surface area contributed by atoms with E-state index in [9.17, 15) is 5.11 Å². The molecule has 1 atom stereocenters. The van der Waals surface area contributed by atoms with Crippen molar-refractivity contribution < 1.29 is 9.84 Å². The number of rotatable bonds is 4. The van der Waals surface area contributed by atoms with Crippen molar-refractivity contribution in [2.45, 2.75) is 26.3 Å². The van der Waals surface area contributed by atoms with Crippen molar-refractivity contribution in [1.82, 2.24) is 0 Å². The van der Waals surface area contributed by atoms with Crippen LogP contribution >= 0.6 is 12.4 Å². The number of phenols is 1. The molecule has 1 aromatic rings. The van der Waals surface area contributed by atoms with Crippen molar-refractivity contribution in [3.8, 4) is 17.6 Å². The van der Waals surface area contributed by atoms with Crippen LogP contribution in [-0.4, -0.2) is 12.2 Å². The first-order valence-corrected chi connectivity index (χ1v) is 5.56. The second-order valence-electron chi connectivity index (χ2n) is 4.43. The number of hydrogen-bond acceptors (Lipinski definition) is 4. The molecule has 0 amide bonds. The Balaban J connectivity index is 0.00000289. The highest BCUT2D eigenvalue weighted by atomic mass is 35.5. The summed E-state index contributed by atoms with van der Waals surface area (Å²) in [6.45, 7) is 4.09. The molecule has 0 aliphatic heterocycles. The van der Waals surface area contributed by atoms with Crippen LogP contribution < -0.4 is 10.5 Å². The van der Waals surface area contributed by atoms with Crippen LogP contribution in [0, 0.1) is 17.2 Å². The fourth-order valence-corrected chi connectivity index (χ4v) is 1.85. The Labute approximate surface area is 114 Å². The summed E-state index contributed by atoms with van der Waals surface area (Å²) in [5.41, 5.74) is 6.90. The maximum absolute atomic E-state index is 10.0. The first-order valence-electron chi connectivity index (χ1n) is 5.56. The highest BCUT2D eigenvalue weighted by Crippen LogP contribution is 2.37. The summed E-state index contributed by atoms with van der Waals surface area (Å²) in [5.74, 6) is 0.708. The summed E-state index contributed by atoms with van der Waals surface area (Å²) in [6, 6.07) is 4.87. The van der Waals surface area contributed by atoms with Gasteiger partial charge in [-0.05, 0) is 24.5 Å². The summed E-state index contributed by atoms with van der Waals surface area (Å²) in [7, 11) is 1.47. The van der Waals surface area contributed by atoms with Gasteiger partial charge in [-0.15, -0.1) is 12.4 Å². The lowest BCUT2D eigenvalue weighted by Gasteiger charge is -2.18. The van der Waals surface area contributed by atoms with Gasteiger partial charge in [0.25, 0.3) is 0 Å². The summed E-state index contributed by atoms with van der Waals surface area (Å²) in [5, 5.41) is 19.1. The topological polar surface area (TPSA) is 79.3 Å². The first kappa shape index (κ1) is 16.6. The van der Waals surface area contributed by atoms with Crippen LogP contribution in [0.3, 0.4) is 0 Å². The predicted octanol–water partition coefficient (Wildman–Crippen LogP) is 2.74. The van der Waals surface area contributed by atoms with E-state index in [0.29, 0.717) is 29.2 Å². The number of nitriles is 1. The third-order valence-electron chi connectivity index (χ3n) is 2.62. The molecule has 4 nitrogen and oxygen atoms in total. The number of aromatic hydroxyl groups is 1. The average Bonchev–Trinajstić information content (AvgIpc) is 2.27. The maximum Gasteiger partial charge on any atom is 0.163 e. The first-order chi connectivity index (χ1) is 8.01. The maximum atomic E-state index is 10.0. The molecule has 0 fully saturated rings. The second kappa shape index (κ2) is 7.10. The summed E-state index contributed by atoms with van der Waals surface area (Å²) < 4.78 is 5.03. The molecular formula is C13H19ClN2O2. The van der Waals surface area contributed by atoms with Gasteiger partial charge >= 0.3 is 0 Å². The smallest absolute Gasteiger partial charge is 0.163 e. The van der Waals surface area contributed by atoms with Crippen molar-refractivity contribution in [3.05, 3.63) is 23.3 Å². The van der Waals surface area contributed by atoms with E-state index < -0.39 is 0 Å². The standard InChI is InChI=1S/C13H18N2O2.ClH/c1-8(2)6-10(15)12-9(7-14)4-5-11(17-3)13(12)16;/h4-5,8,10,16H,6,15H2,1-3H3;1H/t10-;/m1./s1. The molecule has 3 N–H and O–H groups in total. The normalized spacial score (nSPS) is 11.6. The van der Waals surface area contributed by atoms with Crippen LogP contribution in [0.25, 0.3) is 0 Å². The van der Waals surface area contributed by atoms with Gasteiger partial charge in [-0.25, -0.2) is 0 Å². The van der Waals surface area contributed by atoms with Crippen molar-refractivity contribution in [3.63, 3.8) is 0 Å². The van der Waals surface area contributed by atoms with E-state index in [-0.39, 0.29) is 24.2 Å². The largest absolute Gasteiger partial charge is 0.504 e. The Morgan fingerprint density at radius 2 is 2.06 bits per heavy atom. The Morgan fingerprint density at radius 1 is 1.44 bits per heavy atom. The molecule has 18 heavy (non-hydrogen) atoms. The second-order valence-corrected chi connectivity index (χ2v) is 4.43. The van der Waals surface area contributed by atoms with Gasteiger partial charge in [-0.1, -0.05) is 13.8 Å². The molecule has 0 aliphatic carbocycles. The molecule has 1 rings (SSSR count). The monoisotopic (exact) mass is 270 g/mol. The Morgan fingerprint density at radius 3 is 2.50 bits per heavy atom. The molecule has 0 heterocycles. The fraction of sp³-hybridized carbons (Fsp3) is 0.462. The zero-order valence-corrected chi connectivity index (χ0v) is 11.6.